The molecule has 1 aromatic heterocycles. The van der Waals surface area contributed by atoms with Gasteiger partial charge in [0.2, 0.25) is 11.8 Å². The van der Waals surface area contributed by atoms with E-state index in [9.17, 15) is 23.6 Å². The maximum absolute atomic E-state index is 14.7. The molecule has 8 nitrogen and oxygen atoms in total. The molecule has 0 bridgehead atoms. The number of nitrogens with one attached hydrogen (secondary N) is 3. The van der Waals surface area contributed by atoms with Gasteiger partial charge in [-0.05, 0) is 36.2 Å². The van der Waals surface area contributed by atoms with Crippen LogP contribution < -0.4 is 10.6 Å². The Morgan fingerprint density at radius 2 is 1.97 bits per heavy atom. The summed E-state index contributed by atoms with van der Waals surface area (Å²) in [6.45, 7) is 0.0869. The Hall–Kier alpha value is -4.01. The van der Waals surface area contributed by atoms with Gasteiger partial charge >= 0.3 is 0 Å². The highest BCUT2D eigenvalue weighted by molar-refractivity contribution is 6.05. The van der Waals surface area contributed by atoms with E-state index in [2.05, 4.69) is 15.6 Å². The number of carbonyl (C=O) groups excluding carboxylic acids is 4. The van der Waals surface area contributed by atoms with Crippen LogP contribution in [0.4, 0.5) is 4.39 Å². The summed E-state index contributed by atoms with van der Waals surface area (Å²) < 4.78 is 14.7. The first-order chi connectivity index (χ1) is 15.4. The second-order valence-corrected chi connectivity index (χ2v) is 7.95. The molecule has 1 atom stereocenters. The standard InChI is InChI=1S/C23H19FN4O4/c24-16-9-15-14(11-28(23(15)32)19-5-6-20(29)27-22(19)31)7-13(16)10-25-21(30)18-8-12-3-1-2-4-17(12)26-18/h1-4,7-9,19,26H,5-6,10-11H2,(H,25,30)(H,27,29,31). The minimum atomic E-state index is -0.763. The van der Waals surface area contributed by atoms with Crippen LogP contribution in [-0.4, -0.2) is 39.6 Å². The molecule has 32 heavy (non-hydrogen) atoms. The van der Waals surface area contributed by atoms with Crippen LogP contribution in [0.5, 0.6) is 0 Å². The molecule has 2 aromatic carbocycles. The van der Waals surface area contributed by atoms with E-state index in [4.69, 9.17) is 0 Å². The molecule has 2 aliphatic rings. The highest BCUT2D eigenvalue weighted by Crippen LogP contribution is 2.29. The molecule has 3 heterocycles. The number of amides is 4. The molecular formula is C23H19FN4O4. The molecule has 3 N–H and O–H groups in total. The minimum absolute atomic E-state index is 0.0556. The monoisotopic (exact) mass is 434 g/mol. The van der Waals surface area contributed by atoms with Crippen LogP contribution in [0.25, 0.3) is 10.9 Å². The fourth-order valence-corrected chi connectivity index (χ4v) is 4.24. The van der Waals surface area contributed by atoms with Crippen molar-refractivity contribution in [2.24, 2.45) is 0 Å². The Labute approximate surface area is 181 Å². The third-order valence-corrected chi connectivity index (χ3v) is 5.90. The van der Waals surface area contributed by atoms with Crippen LogP contribution in [0.15, 0.2) is 42.5 Å². The van der Waals surface area contributed by atoms with Crippen molar-refractivity contribution >= 4 is 34.5 Å². The number of benzene rings is 2. The second-order valence-electron chi connectivity index (χ2n) is 7.95. The van der Waals surface area contributed by atoms with E-state index in [0.29, 0.717) is 11.3 Å². The zero-order valence-corrected chi connectivity index (χ0v) is 16.9. The van der Waals surface area contributed by atoms with Gasteiger partial charge in [-0.2, -0.15) is 0 Å². The van der Waals surface area contributed by atoms with Gasteiger partial charge in [0, 0.05) is 41.5 Å². The van der Waals surface area contributed by atoms with Gasteiger partial charge in [0.05, 0.1) is 0 Å². The first-order valence-corrected chi connectivity index (χ1v) is 10.2. The molecule has 0 aliphatic carbocycles. The van der Waals surface area contributed by atoms with E-state index in [1.165, 1.54) is 4.90 Å². The van der Waals surface area contributed by atoms with Gasteiger partial charge in [0.1, 0.15) is 17.6 Å². The van der Waals surface area contributed by atoms with Gasteiger partial charge in [0.25, 0.3) is 11.8 Å². The Kier molecular flexibility index (Phi) is 4.73. The summed E-state index contributed by atoms with van der Waals surface area (Å²) in [5.41, 5.74) is 2.21. The fraction of sp³-hybridized carbons (Fsp3) is 0.217. The summed E-state index contributed by atoms with van der Waals surface area (Å²) >= 11 is 0. The predicted octanol–water partition coefficient (Wildman–Crippen LogP) is 2.00. The number of carbonyl (C=O) groups is 4. The normalized spacial score (nSPS) is 18.1. The van der Waals surface area contributed by atoms with Crippen molar-refractivity contribution in [2.75, 3.05) is 0 Å². The lowest BCUT2D eigenvalue weighted by Gasteiger charge is -2.29. The van der Waals surface area contributed by atoms with Crippen molar-refractivity contribution in [3.8, 4) is 0 Å². The van der Waals surface area contributed by atoms with Crippen LogP contribution >= 0.6 is 0 Å². The molecule has 1 fully saturated rings. The summed E-state index contributed by atoms with van der Waals surface area (Å²) in [4.78, 5) is 53.2. The zero-order valence-electron chi connectivity index (χ0n) is 16.9. The number of imide groups is 1. The summed E-state index contributed by atoms with van der Waals surface area (Å²) in [6.07, 6.45) is 0.385. The van der Waals surface area contributed by atoms with Gasteiger partial charge in [-0.15, -0.1) is 0 Å². The number of aromatic amines is 1. The molecule has 4 amide bonds. The number of H-pyrrole nitrogens is 1. The topological polar surface area (TPSA) is 111 Å². The first-order valence-electron chi connectivity index (χ1n) is 10.2. The Morgan fingerprint density at radius 3 is 2.75 bits per heavy atom. The van der Waals surface area contributed by atoms with E-state index in [-0.39, 0.29) is 48.9 Å². The lowest BCUT2D eigenvalue weighted by molar-refractivity contribution is -0.136. The van der Waals surface area contributed by atoms with E-state index < -0.39 is 23.7 Å². The SMILES string of the molecule is O=C1CCC(N2Cc3cc(CNC(=O)c4cc5ccccc5[nH]4)c(F)cc3C2=O)C(=O)N1. The molecule has 1 saturated heterocycles. The molecule has 0 radical (unpaired) electrons. The minimum Gasteiger partial charge on any atom is -0.351 e. The van der Waals surface area contributed by atoms with Gasteiger partial charge in [-0.3, -0.25) is 24.5 Å². The van der Waals surface area contributed by atoms with Gasteiger partial charge in [-0.1, -0.05) is 18.2 Å². The third-order valence-electron chi connectivity index (χ3n) is 5.90. The summed E-state index contributed by atoms with van der Waals surface area (Å²) in [5, 5.41) is 5.83. The summed E-state index contributed by atoms with van der Waals surface area (Å²) in [6, 6.07) is 11.1. The number of aromatic nitrogens is 1. The lowest BCUT2D eigenvalue weighted by atomic mass is 10.0. The molecule has 3 aromatic rings. The number of rotatable bonds is 4. The smallest absolute Gasteiger partial charge is 0.267 e. The van der Waals surface area contributed by atoms with Crippen molar-refractivity contribution in [2.45, 2.75) is 32.0 Å². The maximum atomic E-state index is 14.7. The van der Waals surface area contributed by atoms with Crippen LogP contribution in [0, 0.1) is 5.82 Å². The molecule has 0 spiro atoms. The first kappa shape index (κ1) is 19.9. The maximum Gasteiger partial charge on any atom is 0.267 e. The largest absolute Gasteiger partial charge is 0.351 e. The second kappa shape index (κ2) is 7.60. The van der Waals surface area contributed by atoms with Gasteiger partial charge < -0.3 is 15.2 Å². The highest BCUT2D eigenvalue weighted by atomic mass is 19.1. The molecule has 2 aliphatic heterocycles. The Morgan fingerprint density at radius 1 is 1.16 bits per heavy atom. The number of piperidine rings is 1. The predicted molar refractivity (Wildman–Crippen MR) is 112 cm³/mol. The fourth-order valence-electron chi connectivity index (χ4n) is 4.24. The van der Waals surface area contributed by atoms with E-state index >= 15 is 0 Å². The summed E-state index contributed by atoms with van der Waals surface area (Å²) in [7, 11) is 0. The average Bonchev–Trinajstić information content (AvgIpc) is 3.34. The number of hydrogen-bond donors (Lipinski definition) is 3. The third kappa shape index (κ3) is 3.41. The summed E-state index contributed by atoms with van der Waals surface area (Å²) in [5.74, 6) is -2.31. The highest BCUT2D eigenvalue weighted by Gasteiger charge is 2.39. The van der Waals surface area contributed by atoms with Crippen LogP contribution in [0.2, 0.25) is 0 Å². The molecule has 162 valence electrons. The van der Waals surface area contributed by atoms with Crippen molar-refractivity contribution in [1.29, 1.82) is 0 Å². The van der Waals surface area contributed by atoms with E-state index in [1.807, 2.05) is 24.3 Å². The molecular weight excluding hydrogens is 415 g/mol. The number of hydrogen-bond acceptors (Lipinski definition) is 4. The molecule has 9 heteroatoms. The van der Waals surface area contributed by atoms with Crippen molar-refractivity contribution in [3.63, 3.8) is 0 Å². The number of para-hydroxylation sites is 1. The van der Waals surface area contributed by atoms with Crippen LogP contribution in [0.3, 0.4) is 0 Å². The van der Waals surface area contributed by atoms with E-state index in [0.717, 1.165) is 17.0 Å². The van der Waals surface area contributed by atoms with Gasteiger partial charge in [0.15, 0.2) is 0 Å². The molecule has 1 unspecified atom stereocenters. The zero-order chi connectivity index (χ0) is 22.4. The van der Waals surface area contributed by atoms with Crippen molar-refractivity contribution in [1.82, 2.24) is 20.5 Å². The average molecular weight is 434 g/mol. The number of halogens is 1. The Balaban J connectivity index is 1.31. The molecule has 5 rings (SSSR count). The van der Waals surface area contributed by atoms with Crippen molar-refractivity contribution in [3.05, 3.63) is 70.7 Å². The quantitative estimate of drug-likeness (QED) is 0.546. The Bertz CT molecular complexity index is 1270. The number of fused-ring (bicyclic) bond motifs is 2. The van der Waals surface area contributed by atoms with E-state index in [1.54, 1.807) is 12.1 Å². The van der Waals surface area contributed by atoms with Gasteiger partial charge in [-0.25, -0.2) is 4.39 Å². The lowest BCUT2D eigenvalue weighted by Crippen LogP contribution is -2.52. The molecule has 0 saturated carbocycles. The van der Waals surface area contributed by atoms with Crippen LogP contribution in [0.1, 0.15) is 44.8 Å². The van der Waals surface area contributed by atoms with Crippen molar-refractivity contribution < 1.29 is 23.6 Å². The van der Waals surface area contributed by atoms with Crippen LogP contribution in [-0.2, 0) is 22.7 Å². The number of nitrogens with zero attached hydrogens (tertiary/aromatic N) is 1.